The van der Waals surface area contributed by atoms with Gasteiger partial charge in [-0.25, -0.2) is 0 Å². The van der Waals surface area contributed by atoms with Gasteiger partial charge in [-0.05, 0) is 57.3 Å². The van der Waals surface area contributed by atoms with Crippen LogP contribution in [0.25, 0.3) is 65.2 Å². The van der Waals surface area contributed by atoms with Crippen molar-refractivity contribution in [3.8, 4) is 55.1 Å². The van der Waals surface area contributed by atoms with Gasteiger partial charge >= 0.3 is 0 Å². The fourth-order valence-corrected chi connectivity index (χ4v) is 6.96. The fraction of sp³-hybridized carbons (Fsp3) is 0.0606. The molecule has 2 heterocycles. The molecule has 0 radical (unpaired) electrons. The summed E-state index contributed by atoms with van der Waals surface area (Å²) < 4.78 is 3.64. The first kappa shape index (κ1) is 20.4. The zero-order chi connectivity index (χ0) is 23.5. The van der Waals surface area contributed by atoms with Gasteiger partial charge in [0.2, 0.25) is 5.69 Å². The first-order valence-electron chi connectivity index (χ1n) is 12.0. The van der Waals surface area contributed by atoms with E-state index in [1.807, 2.05) is 11.3 Å². The second-order valence-electron chi connectivity index (χ2n) is 9.25. The Hall–Kier alpha value is -4.01. The van der Waals surface area contributed by atoms with Crippen LogP contribution in [0.4, 0.5) is 0 Å². The van der Waals surface area contributed by atoms with Crippen molar-refractivity contribution in [2.75, 3.05) is 0 Å². The molecule has 0 fully saturated rings. The van der Waals surface area contributed by atoms with Crippen LogP contribution in [0.15, 0.2) is 109 Å². The van der Waals surface area contributed by atoms with Gasteiger partial charge < -0.3 is 0 Å². The highest BCUT2D eigenvalue weighted by Gasteiger charge is 2.30. The fourth-order valence-electron chi connectivity index (χ4n) is 5.66. The van der Waals surface area contributed by atoms with Crippen molar-refractivity contribution >= 4 is 21.4 Å². The van der Waals surface area contributed by atoms with E-state index in [2.05, 4.69) is 128 Å². The Morgan fingerprint density at radius 3 is 1.63 bits per heavy atom. The Morgan fingerprint density at radius 2 is 1.03 bits per heavy atom. The molecule has 0 N–H and O–H groups in total. The van der Waals surface area contributed by atoms with Crippen molar-refractivity contribution in [1.29, 1.82) is 0 Å². The molecule has 35 heavy (non-hydrogen) atoms. The monoisotopic (exact) mass is 466 g/mol. The maximum atomic E-state index is 2.31. The highest BCUT2D eigenvalue weighted by Crippen LogP contribution is 2.51. The average Bonchev–Trinajstić information content (AvgIpc) is 3.24. The molecule has 0 unspecified atom stereocenters. The van der Waals surface area contributed by atoms with E-state index >= 15 is 0 Å². The number of hydrogen-bond acceptors (Lipinski definition) is 1. The van der Waals surface area contributed by atoms with Gasteiger partial charge in [0.25, 0.3) is 0 Å². The van der Waals surface area contributed by atoms with E-state index in [-0.39, 0.29) is 0 Å². The van der Waals surface area contributed by atoms with Gasteiger partial charge in [-0.1, -0.05) is 91.0 Å². The molecule has 0 aliphatic heterocycles. The van der Waals surface area contributed by atoms with E-state index in [4.69, 9.17) is 0 Å². The van der Waals surface area contributed by atoms with Crippen molar-refractivity contribution in [2.24, 2.45) is 7.05 Å². The van der Waals surface area contributed by atoms with Crippen LogP contribution in [0.5, 0.6) is 0 Å². The quantitative estimate of drug-likeness (QED) is 0.213. The molecule has 0 amide bonds. The van der Waals surface area contributed by atoms with E-state index in [0.717, 1.165) is 0 Å². The third-order valence-electron chi connectivity index (χ3n) is 7.30. The number of thiophene rings is 1. The molecule has 166 valence electrons. The van der Waals surface area contributed by atoms with Gasteiger partial charge in [0, 0.05) is 16.3 Å². The number of aromatic nitrogens is 1. The molecule has 7 rings (SSSR count). The predicted molar refractivity (Wildman–Crippen MR) is 148 cm³/mol. The smallest absolute Gasteiger partial charge is 0.200 e. The average molecular weight is 467 g/mol. The minimum Gasteiger partial charge on any atom is -0.200 e. The first-order chi connectivity index (χ1) is 17.2. The zero-order valence-electron chi connectivity index (χ0n) is 19.7. The third-order valence-corrected chi connectivity index (χ3v) is 8.58. The summed E-state index contributed by atoms with van der Waals surface area (Å²) in [5, 5.41) is 1.34. The van der Waals surface area contributed by atoms with Crippen LogP contribution in [-0.2, 0) is 7.05 Å². The summed E-state index contributed by atoms with van der Waals surface area (Å²) in [7, 11) is 2.18. The lowest BCUT2D eigenvalue weighted by Crippen LogP contribution is -2.31. The van der Waals surface area contributed by atoms with E-state index < -0.39 is 0 Å². The number of hydrogen-bond donors (Lipinski definition) is 0. The molecule has 0 saturated carbocycles. The van der Waals surface area contributed by atoms with Crippen molar-refractivity contribution in [3.05, 3.63) is 115 Å². The van der Waals surface area contributed by atoms with Crippen LogP contribution in [0.2, 0.25) is 0 Å². The predicted octanol–water partition coefficient (Wildman–Crippen LogP) is 8.68. The minimum atomic E-state index is 1.28. The number of nitrogens with zero attached hydrogens (tertiary/aromatic N) is 1. The molecular weight excluding hydrogens is 442 g/mol. The van der Waals surface area contributed by atoms with E-state index in [9.17, 15) is 0 Å². The lowest BCUT2D eigenvalue weighted by atomic mass is 9.80. The summed E-state index contributed by atoms with van der Waals surface area (Å²) in [6.07, 6.45) is 2.23. The van der Waals surface area contributed by atoms with Crippen molar-refractivity contribution < 1.29 is 4.57 Å². The number of rotatable bonds is 1. The SMILES string of the molecule is Cc1c(-c2c3c(cc[n+]2C)-c2ccccc2-c2ccccc2-c2ccccc2-3)sc2ccccc12. The Morgan fingerprint density at radius 1 is 0.543 bits per heavy atom. The third kappa shape index (κ3) is 2.97. The Kier molecular flexibility index (Phi) is 4.52. The van der Waals surface area contributed by atoms with Crippen LogP contribution < -0.4 is 4.57 Å². The highest BCUT2D eigenvalue weighted by molar-refractivity contribution is 7.22. The number of benzene rings is 4. The maximum Gasteiger partial charge on any atom is 0.231 e. The molecule has 1 aliphatic carbocycles. The van der Waals surface area contributed by atoms with Crippen LogP contribution in [0.1, 0.15) is 5.56 Å². The summed E-state index contributed by atoms with van der Waals surface area (Å²) in [4.78, 5) is 1.34. The molecule has 0 saturated heterocycles. The van der Waals surface area contributed by atoms with Gasteiger partial charge in [-0.2, -0.15) is 4.57 Å². The highest BCUT2D eigenvalue weighted by atomic mass is 32.1. The van der Waals surface area contributed by atoms with Crippen molar-refractivity contribution in [1.82, 2.24) is 0 Å². The van der Waals surface area contributed by atoms with Crippen LogP contribution in [0.3, 0.4) is 0 Å². The number of fused-ring (bicyclic) bond motifs is 9. The molecule has 2 aromatic heterocycles. The standard InChI is InChI=1S/C33H24NS/c1-21-22-11-9-10-18-30(22)35-33(21)32-31-28-17-8-7-15-26(28)24-13-4-3-12-23(24)25-14-5-6-16-27(25)29(31)19-20-34(32)2/h3-20H,1-2H3/q+1. The maximum absolute atomic E-state index is 2.31. The summed E-state index contributed by atoms with van der Waals surface area (Å²) in [5.41, 5.74) is 12.9. The van der Waals surface area contributed by atoms with E-state index in [0.29, 0.717) is 0 Å². The van der Waals surface area contributed by atoms with Gasteiger partial charge in [0.1, 0.15) is 11.9 Å². The zero-order valence-corrected chi connectivity index (χ0v) is 20.6. The van der Waals surface area contributed by atoms with Gasteiger partial charge in [-0.15, -0.1) is 11.3 Å². The normalized spacial score (nSPS) is 11.7. The van der Waals surface area contributed by atoms with Gasteiger partial charge in [-0.3, -0.25) is 0 Å². The molecule has 0 spiro atoms. The Balaban J connectivity index is 1.68. The molecule has 0 bridgehead atoms. The first-order valence-corrected chi connectivity index (χ1v) is 12.8. The lowest BCUT2D eigenvalue weighted by Gasteiger charge is -2.23. The lowest BCUT2D eigenvalue weighted by molar-refractivity contribution is -0.659. The molecule has 0 atom stereocenters. The molecule has 1 nitrogen and oxygen atoms in total. The van der Waals surface area contributed by atoms with Gasteiger partial charge in [0.05, 0.1) is 5.56 Å². The largest absolute Gasteiger partial charge is 0.231 e. The second-order valence-corrected chi connectivity index (χ2v) is 10.3. The summed E-state index contributed by atoms with van der Waals surface area (Å²) >= 11 is 1.90. The molecule has 4 aromatic carbocycles. The molecule has 1 aliphatic rings. The Bertz CT molecular complexity index is 1770. The summed E-state index contributed by atoms with van der Waals surface area (Å²) in [6, 6.07) is 37.7. The number of pyridine rings is 1. The molecular formula is C33H24NS+. The van der Waals surface area contributed by atoms with Crippen LogP contribution in [0, 0.1) is 6.92 Å². The van der Waals surface area contributed by atoms with Crippen LogP contribution >= 0.6 is 11.3 Å². The summed E-state index contributed by atoms with van der Waals surface area (Å²) in [5.74, 6) is 0. The minimum absolute atomic E-state index is 1.28. The number of aryl methyl sites for hydroxylation is 2. The van der Waals surface area contributed by atoms with E-state index in [1.165, 1.54) is 70.7 Å². The van der Waals surface area contributed by atoms with E-state index in [1.54, 1.807) is 0 Å². The van der Waals surface area contributed by atoms with Gasteiger partial charge in [0.15, 0.2) is 6.20 Å². The molecule has 6 aromatic rings. The second kappa shape index (κ2) is 7.76. The Labute approximate surface area is 209 Å². The van der Waals surface area contributed by atoms with Crippen molar-refractivity contribution in [2.45, 2.75) is 6.92 Å². The molecule has 2 heteroatoms. The topological polar surface area (TPSA) is 3.88 Å². The van der Waals surface area contributed by atoms with Crippen molar-refractivity contribution in [3.63, 3.8) is 0 Å². The van der Waals surface area contributed by atoms with Crippen LogP contribution in [-0.4, -0.2) is 0 Å². The summed E-state index contributed by atoms with van der Waals surface area (Å²) in [6.45, 7) is 2.27.